The van der Waals surface area contributed by atoms with E-state index >= 15 is 19.2 Å². The van der Waals surface area contributed by atoms with Gasteiger partial charge in [0.1, 0.15) is 70.3 Å². The number of carbonyl (C=O) groups excluding carboxylic acids is 6. The van der Waals surface area contributed by atoms with Gasteiger partial charge in [0.25, 0.3) is 23.6 Å². The van der Waals surface area contributed by atoms with Crippen molar-refractivity contribution in [3.8, 4) is 46.0 Å². The third-order valence-electron chi connectivity index (χ3n) is 20.0. The summed E-state index contributed by atoms with van der Waals surface area (Å²) in [7, 11) is 0. The summed E-state index contributed by atoms with van der Waals surface area (Å²) in [5.41, 5.74) is 4.49. The average molecular weight is 1290 g/mol. The van der Waals surface area contributed by atoms with Crippen molar-refractivity contribution in [2.24, 2.45) is 11.8 Å². The van der Waals surface area contributed by atoms with Gasteiger partial charge >= 0.3 is 11.9 Å². The van der Waals surface area contributed by atoms with Crippen LogP contribution in [0.3, 0.4) is 0 Å². The molecule has 0 N–H and O–H groups in total. The van der Waals surface area contributed by atoms with E-state index in [0.29, 0.717) is 81.0 Å². The summed E-state index contributed by atoms with van der Waals surface area (Å²) < 4.78 is 41.7. The van der Waals surface area contributed by atoms with Gasteiger partial charge in [-0.05, 0) is 182 Å². The lowest BCUT2D eigenvalue weighted by Gasteiger charge is -2.37. The van der Waals surface area contributed by atoms with E-state index in [9.17, 15) is 9.59 Å². The van der Waals surface area contributed by atoms with Gasteiger partial charge in [-0.1, -0.05) is 144 Å². The Kier molecular flexibility index (Phi) is 18.0. The number of esters is 2. The molecule has 4 aliphatic rings. The minimum absolute atomic E-state index is 0.0655. The number of amides is 4. The molecule has 4 amide bonds. The first-order valence-corrected chi connectivity index (χ1v) is 34.7. The molecule has 9 aromatic rings. The molecule has 2 heterocycles. The lowest BCUT2D eigenvalue weighted by atomic mass is 9.80. The quantitative estimate of drug-likeness (QED) is 0.0307. The zero-order valence-corrected chi connectivity index (χ0v) is 57.2. The Morgan fingerprint density at radius 2 is 0.552 bits per heavy atom. The maximum Gasteiger partial charge on any atom is 0.329 e. The Morgan fingerprint density at radius 1 is 0.323 bits per heavy atom. The molecule has 0 saturated heterocycles. The fourth-order valence-corrected chi connectivity index (χ4v) is 14.7. The van der Waals surface area contributed by atoms with Crippen LogP contribution < -0.4 is 18.9 Å². The van der Waals surface area contributed by atoms with Crippen LogP contribution in [0.5, 0.6) is 46.0 Å². The van der Waals surface area contributed by atoms with Gasteiger partial charge in [-0.25, -0.2) is 9.59 Å². The Labute approximate surface area is 561 Å². The summed E-state index contributed by atoms with van der Waals surface area (Å²) in [4.78, 5) is 96.8. The van der Waals surface area contributed by atoms with E-state index in [1.807, 2.05) is 97.1 Å². The van der Waals surface area contributed by atoms with Crippen LogP contribution >= 0.6 is 0 Å². The monoisotopic (exact) mass is 1290 g/mol. The van der Waals surface area contributed by atoms with E-state index in [2.05, 4.69) is 55.4 Å². The predicted molar refractivity (Wildman–Crippen MR) is 374 cm³/mol. The first-order valence-electron chi connectivity index (χ1n) is 34.7. The second-order valence-electron chi connectivity index (χ2n) is 28.7. The molecule has 0 aromatic heterocycles. The highest BCUT2D eigenvalue weighted by Crippen LogP contribution is 2.58. The van der Waals surface area contributed by atoms with Crippen molar-refractivity contribution >= 4 is 78.7 Å². The van der Waals surface area contributed by atoms with Crippen LogP contribution in [-0.2, 0) is 19.1 Å². The normalized spacial score (nSPS) is 16.2. The molecular weight excluding hydrogens is 1200 g/mol. The largest absolute Gasteiger partial charge is 0.461 e. The van der Waals surface area contributed by atoms with Gasteiger partial charge in [-0.3, -0.25) is 29.0 Å². The third kappa shape index (κ3) is 12.0. The number of carbonyl (C=O) groups is 6. The van der Waals surface area contributed by atoms with Crippen LogP contribution in [0.25, 0.3) is 43.1 Å². The molecule has 2 saturated carbocycles. The van der Waals surface area contributed by atoms with Crippen molar-refractivity contribution in [1.82, 2.24) is 9.80 Å². The number of hydrogen-bond acceptors (Lipinski definition) is 12. The molecule has 13 rings (SSSR count). The summed E-state index contributed by atoms with van der Waals surface area (Å²) in [6, 6.07) is 34.7. The Morgan fingerprint density at radius 3 is 0.760 bits per heavy atom. The SMILES string of the molecule is CC(C)c1ccc(Oc2cc3c4c(cc(Oc5ccc(C(C)C)cc5)c5c6c(Oc7ccc(C(C)C)cc7)cc7c8c(cc(Oc9ccc(C(C)C)cc9)c(c2c45)c86)C(=O)N(C(C(=O)OC2CCCCC2)C(C)C)C7=O)C(=O)N(C(C(=O)OC2CCCCC2)C(C)C)C3=O)cc1. The molecule has 0 radical (unpaired) electrons. The third-order valence-corrected chi connectivity index (χ3v) is 20.0. The lowest BCUT2D eigenvalue weighted by molar-refractivity contribution is -0.157. The lowest BCUT2D eigenvalue weighted by Crippen LogP contribution is -2.54. The summed E-state index contributed by atoms with van der Waals surface area (Å²) in [5, 5.41) is 2.56. The van der Waals surface area contributed by atoms with Gasteiger partial charge in [0, 0.05) is 43.1 Å². The van der Waals surface area contributed by atoms with E-state index in [0.717, 1.165) is 70.6 Å². The minimum Gasteiger partial charge on any atom is -0.461 e. The van der Waals surface area contributed by atoms with Gasteiger partial charge in [-0.15, -0.1) is 0 Å². The Balaban J connectivity index is 1.19. The van der Waals surface area contributed by atoms with E-state index in [1.165, 1.54) is 0 Å². The van der Waals surface area contributed by atoms with Crippen LogP contribution in [0.4, 0.5) is 0 Å². The van der Waals surface area contributed by atoms with Crippen molar-refractivity contribution in [2.75, 3.05) is 0 Å². The fraction of sp³-hybridized carbons (Fsp3) is 0.390. The smallest absolute Gasteiger partial charge is 0.329 e. The second-order valence-corrected chi connectivity index (χ2v) is 28.7. The molecule has 96 heavy (non-hydrogen) atoms. The molecule has 0 spiro atoms. The van der Waals surface area contributed by atoms with Crippen molar-refractivity contribution in [3.63, 3.8) is 0 Å². The summed E-state index contributed by atoms with van der Waals surface area (Å²) in [5.74, 6) is -2.51. The van der Waals surface area contributed by atoms with Crippen molar-refractivity contribution in [1.29, 1.82) is 0 Å². The number of nitrogens with zero attached hydrogens (tertiary/aromatic N) is 2. The number of ether oxygens (including phenoxy) is 6. The van der Waals surface area contributed by atoms with Crippen LogP contribution in [-0.4, -0.2) is 69.7 Å². The van der Waals surface area contributed by atoms with Gasteiger partial charge in [0.2, 0.25) is 0 Å². The molecule has 2 aliphatic heterocycles. The molecule has 0 bridgehead atoms. The van der Waals surface area contributed by atoms with Crippen LogP contribution in [0.15, 0.2) is 121 Å². The molecule has 2 atom stereocenters. The topological polar surface area (TPSA) is 164 Å². The number of fused-ring (bicyclic) bond motifs is 2. The van der Waals surface area contributed by atoms with Gasteiger partial charge < -0.3 is 28.4 Å². The summed E-state index contributed by atoms with van der Waals surface area (Å²) in [6.07, 6.45) is 7.62. The standard InChI is InChI=1S/C82H86N2O12/c1-43(2)49-23-31-55(32-24-49)91-63-39-59-67-60(78(86)83(77(59)85)75(47(9)10)81(89)95-53-19-15-13-16-20-53)41-65(93-57-35-27-51(28-36-57)45(5)6)71-72-66(94-58-37-29-52(30-38-58)46(7)8)42-62-68-61(79(87)84(80(62)88)76(48(11)12)82(90)96-54-21-17-14-18-22-54)40-64(70(74(68)72)69(63)73(67)71)92-56-33-25-50(26-34-56)44(3)4/h23-48,53-54,75-76H,13-22H2,1-12H3. The zero-order valence-electron chi connectivity index (χ0n) is 57.2. The van der Waals surface area contributed by atoms with E-state index in [1.54, 1.807) is 52.0 Å². The van der Waals surface area contributed by atoms with Crippen molar-refractivity contribution in [3.05, 3.63) is 166 Å². The summed E-state index contributed by atoms with van der Waals surface area (Å²) >= 11 is 0. The van der Waals surface area contributed by atoms with Gasteiger partial charge in [0.15, 0.2) is 0 Å². The average Bonchev–Trinajstić information content (AvgIpc) is 0.672. The van der Waals surface area contributed by atoms with Crippen molar-refractivity contribution in [2.45, 2.75) is 195 Å². The molecule has 14 nitrogen and oxygen atoms in total. The highest BCUT2D eigenvalue weighted by atomic mass is 16.6. The first kappa shape index (κ1) is 65.4. The molecule has 496 valence electrons. The van der Waals surface area contributed by atoms with Crippen LogP contribution in [0.2, 0.25) is 0 Å². The maximum absolute atomic E-state index is 16.2. The fourth-order valence-electron chi connectivity index (χ4n) is 14.7. The number of hydrogen-bond donors (Lipinski definition) is 0. The zero-order chi connectivity index (χ0) is 67.7. The molecule has 2 aliphatic carbocycles. The van der Waals surface area contributed by atoms with Crippen molar-refractivity contribution < 1.29 is 57.2 Å². The minimum atomic E-state index is -1.33. The Bertz CT molecular complexity index is 3990. The first-order chi connectivity index (χ1) is 46.1. The molecule has 14 heteroatoms. The number of rotatable bonds is 20. The molecular formula is C82H86N2O12. The second kappa shape index (κ2) is 26.4. The van der Waals surface area contributed by atoms with E-state index < -0.39 is 59.5 Å². The maximum atomic E-state index is 16.2. The van der Waals surface area contributed by atoms with E-state index in [4.69, 9.17) is 28.4 Å². The Hall–Kier alpha value is -9.30. The highest BCUT2D eigenvalue weighted by Gasteiger charge is 2.48. The number of benzene rings is 9. The van der Waals surface area contributed by atoms with Crippen LogP contribution in [0, 0.1) is 11.8 Å². The van der Waals surface area contributed by atoms with E-state index in [-0.39, 0.29) is 91.9 Å². The molecule has 2 unspecified atom stereocenters. The van der Waals surface area contributed by atoms with Gasteiger partial charge in [0.05, 0.1) is 22.3 Å². The van der Waals surface area contributed by atoms with Crippen LogP contribution in [0.1, 0.15) is 235 Å². The molecule has 2 fully saturated rings. The predicted octanol–water partition coefficient (Wildman–Crippen LogP) is 20.4. The highest BCUT2D eigenvalue weighted by molar-refractivity contribution is 6.45. The summed E-state index contributed by atoms with van der Waals surface area (Å²) in [6.45, 7) is 24.0. The molecule has 9 aromatic carbocycles. The number of imide groups is 2. The van der Waals surface area contributed by atoms with Gasteiger partial charge in [-0.2, -0.15) is 0 Å².